The summed E-state index contributed by atoms with van der Waals surface area (Å²) in [5, 5.41) is 0.617. The second kappa shape index (κ2) is 3.58. The van der Waals surface area contributed by atoms with Gasteiger partial charge in [0.05, 0.1) is 19.2 Å². The van der Waals surface area contributed by atoms with Crippen molar-refractivity contribution in [2.75, 3.05) is 14.2 Å². The van der Waals surface area contributed by atoms with E-state index in [9.17, 15) is 0 Å². The highest BCUT2D eigenvalue weighted by Crippen LogP contribution is 2.50. The molecule has 1 aliphatic rings. The van der Waals surface area contributed by atoms with Gasteiger partial charge in [-0.25, -0.2) is 0 Å². The van der Waals surface area contributed by atoms with Crippen LogP contribution in [0.4, 0.5) is 0 Å². The Morgan fingerprint density at radius 1 is 1.27 bits per heavy atom. The summed E-state index contributed by atoms with van der Waals surface area (Å²) >= 11 is 6.18. The molecule has 2 N–H and O–H groups in total. The maximum absolute atomic E-state index is 6.18. The first-order valence-electron chi connectivity index (χ1n) is 4.81. The summed E-state index contributed by atoms with van der Waals surface area (Å²) in [6.07, 6.45) is 1.91. The molecule has 0 aromatic heterocycles. The van der Waals surface area contributed by atoms with Gasteiger partial charge in [0.25, 0.3) is 0 Å². The van der Waals surface area contributed by atoms with Crippen LogP contribution in [0.1, 0.15) is 18.4 Å². The van der Waals surface area contributed by atoms with E-state index in [1.54, 1.807) is 20.3 Å². The van der Waals surface area contributed by atoms with E-state index in [4.69, 9.17) is 26.8 Å². The predicted molar refractivity (Wildman–Crippen MR) is 59.7 cm³/mol. The molecule has 1 aromatic carbocycles. The second-order valence-electron chi connectivity index (χ2n) is 3.84. The van der Waals surface area contributed by atoms with Gasteiger partial charge in [0.1, 0.15) is 11.5 Å². The van der Waals surface area contributed by atoms with Crippen LogP contribution in [0.25, 0.3) is 0 Å². The Morgan fingerprint density at radius 3 is 2.40 bits per heavy atom. The van der Waals surface area contributed by atoms with Crippen molar-refractivity contribution in [3.63, 3.8) is 0 Å². The van der Waals surface area contributed by atoms with Crippen molar-refractivity contribution < 1.29 is 9.47 Å². The van der Waals surface area contributed by atoms with Crippen molar-refractivity contribution in [1.82, 2.24) is 0 Å². The van der Waals surface area contributed by atoms with Crippen LogP contribution in [-0.4, -0.2) is 14.2 Å². The van der Waals surface area contributed by atoms with E-state index in [2.05, 4.69) is 0 Å². The van der Waals surface area contributed by atoms with Crippen LogP contribution in [0.2, 0.25) is 5.02 Å². The fourth-order valence-corrected chi connectivity index (χ4v) is 2.09. The number of ether oxygens (including phenoxy) is 2. The molecule has 4 heteroatoms. The molecule has 0 heterocycles. The maximum atomic E-state index is 6.18. The third-order valence-corrected chi connectivity index (χ3v) is 3.07. The van der Waals surface area contributed by atoms with Gasteiger partial charge in [-0.2, -0.15) is 0 Å². The second-order valence-corrected chi connectivity index (χ2v) is 4.25. The van der Waals surface area contributed by atoms with Crippen molar-refractivity contribution in [1.29, 1.82) is 0 Å². The van der Waals surface area contributed by atoms with Gasteiger partial charge in [0.15, 0.2) is 0 Å². The summed E-state index contributed by atoms with van der Waals surface area (Å²) in [6.45, 7) is 0. The van der Waals surface area contributed by atoms with Crippen LogP contribution < -0.4 is 15.2 Å². The number of methoxy groups -OCH3 is 2. The first-order chi connectivity index (χ1) is 7.10. The van der Waals surface area contributed by atoms with E-state index in [0.717, 1.165) is 18.4 Å². The van der Waals surface area contributed by atoms with Crippen molar-refractivity contribution in [3.05, 3.63) is 22.7 Å². The van der Waals surface area contributed by atoms with Crippen molar-refractivity contribution >= 4 is 11.6 Å². The number of hydrogen-bond donors (Lipinski definition) is 1. The van der Waals surface area contributed by atoms with Crippen LogP contribution in [-0.2, 0) is 5.54 Å². The number of hydrogen-bond acceptors (Lipinski definition) is 3. The summed E-state index contributed by atoms with van der Waals surface area (Å²) in [7, 11) is 3.21. The van der Waals surface area contributed by atoms with Crippen LogP contribution in [0.15, 0.2) is 12.1 Å². The van der Waals surface area contributed by atoms with Crippen molar-refractivity contribution in [2.45, 2.75) is 18.4 Å². The minimum absolute atomic E-state index is 0.297. The topological polar surface area (TPSA) is 44.5 Å². The van der Waals surface area contributed by atoms with E-state index in [-0.39, 0.29) is 5.54 Å². The molecule has 1 aromatic rings. The first kappa shape index (κ1) is 10.6. The number of benzene rings is 1. The maximum Gasteiger partial charge on any atom is 0.129 e. The van der Waals surface area contributed by atoms with Gasteiger partial charge >= 0.3 is 0 Å². The monoisotopic (exact) mass is 227 g/mol. The van der Waals surface area contributed by atoms with Gasteiger partial charge in [-0.15, -0.1) is 0 Å². The summed E-state index contributed by atoms with van der Waals surface area (Å²) in [5.74, 6) is 1.39. The normalized spacial score (nSPS) is 17.3. The fourth-order valence-electron chi connectivity index (χ4n) is 1.70. The molecular weight excluding hydrogens is 214 g/mol. The highest BCUT2D eigenvalue weighted by Gasteiger charge is 2.44. The molecule has 0 amide bonds. The minimum atomic E-state index is -0.297. The third-order valence-electron chi connectivity index (χ3n) is 2.77. The molecule has 0 radical (unpaired) electrons. The third kappa shape index (κ3) is 1.77. The first-order valence-corrected chi connectivity index (χ1v) is 5.19. The SMILES string of the molecule is COc1cc(Cl)c(C2(N)CC2)c(OC)c1. The fraction of sp³-hybridized carbons (Fsp3) is 0.455. The molecular formula is C11H14ClNO2. The van der Waals surface area contributed by atoms with E-state index >= 15 is 0 Å². The predicted octanol–water partition coefficient (Wildman–Crippen LogP) is 2.31. The number of nitrogens with two attached hydrogens (primary N) is 1. The van der Waals surface area contributed by atoms with Crippen LogP contribution >= 0.6 is 11.6 Å². The van der Waals surface area contributed by atoms with Crippen LogP contribution in [0.3, 0.4) is 0 Å². The van der Waals surface area contributed by atoms with Gasteiger partial charge in [0.2, 0.25) is 0 Å². The molecule has 0 aliphatic heterocycles. The standard InChI is InChI=1S/C11H14ClNO2/c1-14-7-5-8(12)10(9(6-7)15-2)11(13)3-4-11/h5-6H,3-4,13H2,1-2H3. The molecule has 1 saturated carbocycles. The lowest BCUT2D eigenvalue weighted by atomic mass is 10.0. The minimum Gasteiger partial charge on any atom is -0.497 e. The van der Waals surface area contributed by atoms with Crippen molar-refractivity contribution in [2.24, 2.45) is 5.73 Å². The molecule has 2 rings (SSSR count). The Bertz CT molecular complexity index is 388. The number of rotatable bonds is 3. The molecule has 0 spiro atoms. The lowest BCUT2D eigenvalue weighted by Crippen LogP contribution is -2.20. The van der Waals surface area contributed by atoms with Gasteiger partial charge in [-0.05, 0) is 18.9 Å². The lowest BCUT2D eigenvalue weighted by molar-refractivity contribution is 0.387. The summed E-state index contributed by atoms with van der Waals surface area (Å²) in [6, 6.07) is 3.58. The highest BCUT2D eigenvalue weighted by atomic mass is 35.5. The molecule has 15 heavy (non-hydrogen) atoms. The Morgan fingerprint density at radius 2 is 1.93 bits per heavy atom. The summed E-state index contributed by atoms with van der Waals surface area (Å²) in [4.78, 5) is 0. The molecule has 3 nitrogen and oxygen atoms in total. The summed E-state index contributed by atoms with van der Waals surface area (Å²) < 4.78 is 10.4. The molecule has 0 unspecified atom stereocenters. The highest BCUT2D eigenvalue weighted by molar-refractivity contribution is 6.32. The van der Waals surface area contributed by atoms with E-state index < -0.39 is 0 Å². The average molecular weight is 228 g/mol. The summed E-state index contributed by atoms with van der Waals surface area (Å²) in [5.41, 5.74) is 6.73. The zero-order valence-corrected chi connectivity index (χ0v) is 9.60. The lowest BCUT2D eigenvalue weighted by Gasteiger charge is -2.17. The van der Waals surface area contributed by atoms with E-state index in [1.165, 1.54) is 0 Å². The zero-order valence-electron chi connectivity index (χ0n) is 8.84. The molecule has 82 valence electrons. The van der Waals surface area contributed by atoms with Crippen molar-refractivity contribution in [3.8, 4) is 11.5 Å². The zero-order chi connectivity index (χ0) is 11.1. The molecule has 0 saturated heterocycles. The van der Waals surface area contributed by atoms with E-state index in [1.807, 2.05) is 6.07 Å². The van der Waals surface area contributed by atoms with Crippen LogP contribution in [0.5, 0.6) is 11.5 Å². The van der Waals surface area contributed by atoms with Crippen LogP contribution in [0, 0.1) is 0 Å². The Kier molecular flexibility index (Phi) is 2.52. The Balaban J connectivity index is 2.52. The molecule has 0 atom stereocenters. The quantitative estimate of drug-likeness (QED) is 0.862. The smallest absolute Gasteiger partial charge is 0.129 e. The Hall–Kier alpha value is -0.930. The average Bonchev–Trinajstić information content (AvgIpc) is 2.95. The Labute approximate surface area is 94.1 Å². The largest absolute Gasteiger partial charge is 0.497 e. The molecule has 1 fully saturated rings. The molecule has 1 aliphatic carbocycles. The van der Waals surface area contributed by atoms with Gasteiger partial charge in [0, 0.05) is 17.2 Å². The number of halogens is 1. The van der Waals surface area contributed by atoms with Gasteiger partial charge in [-0.1, -0.05) is 11.6 Å². The van der Waals surface area contributed by atoms with Gasteiger partial charge in [-0.3, -0.25) is 0 Å². The van der Waals surface area contributed by atoms with Gasteiger partial charge < -0.3 is 15.2 Å². The molecule has 0 bridgehead atoms. The van der Waals surface area contributed by atoms with E-state index in [0.29, 0.717) is 16.5 Å².